The van der Waals surface area contributed by atoms with Crippen LogP contribution >= 0.6 is 0 Å². The highest BCUT2D eigenvalue weighted by atomic mass is 16.5. The molecule has 1 aromatic rings. The van der Waals surface area contributed by atoms with E-state index in [-0.39, 0.29) is 0 Å². The molecule has 2 rings (SSSR count). The van der Waals surface area contributed by atoms with Gasteiger partial charge in [-0.05, 0) is 37.1 Å². The minimum absolute atomic E-state index is 0.290. The van der Waals surface area contributed by atoms with Crippen molar-refractivity contribution < 1.29 is 9.47 Å². The molecule has 0 aliphatic carbocycles. The molecule has 0 bridgehead atoms. The zero-order chi connectivity index (χ0) is 12.6. The molecule has 1 fully saturated rings. The summed E-state index contributed by atoms with van der Waals surface area (Å²) < 4.78 is 11.1. The summed E-state index contributed by atoms with van der Waals surface area (Å²) in [6.45, 7) is 6.50. The highest BCUT2D eigenvalue weighted by Gasteiger charge is 2.15. The maximum absolute atomic E-state index is 5.79. The monoisotopic (exact) mass is 249 g/mol. The van der Waals surface area contributed by atoms with Crippen molar-refractivity contribution in [3.63, 3.8) is 0 Å². The van der Waals surface area contributed by atoms with E-state index in [1.807, 2.05) is 0 Å². The Morgan fingerprint density at radius 2 is 2.06 bits per heavy atom. The van der Waals surface area contributed by atoms with E-state index in [1.165, 1.54) is 11.1 Å². The van der Waals surface area contributed by atoms with Gasteiger partial charge in [-0.3, -0.25) is 0 Å². The van der Waals surface area contributed by atoms with Crippen LogP contribution in [0.1, 0.15) is 24.5 Å². The van der Waals surface area contributed by atoms with E-state index in [4.69, 9.17) is 9.47 Å². The smallest absolute Gasteiger partial charge is 0.0834 e. The van der Waals surface area contributed by atoms with Crippen LogP contribution in [0.5, 0.6) is 0 Å². The minimum Gasteiger partial charge on any atom is -0.379 e. The van der Waals surface area contributed by atoms with Gasteiger partial charge in [0.25, 0.3) is 0 Å². The highest BCUT2D eigenvalue weighted by Crippen LogP contribution is 2.12. The molecule has 3 nitrogen and oxygen atoms in total. The first-order chi connectivity index (χ1) is 8.88. The fraction of sp³-hybridized carbons (Fsp3) is 0.600. The topological polar surface area (TPSA) is 30.5 Å². The van der Waals surface area contributed by atoms with Gasteiger partial charge in [0.05, 0.1) is 19.3 Å². The maximum atomic E-state index is 5.79. The van der Waals surface area contributed by atoms with E-state index in [0.717, 1.165) is 39.1 Å². The summed E-state index contributed by atoms with van der Waals surface area (Å²) in [4.78, 5) is 0. The molecule has 0 saturated carbocycles. The third kappa shape index (κ3) is 4.41. The van der Waals surface area contributed by atoms with Gasteiger partial charge in [-0.25, -0.2) is 0 Å². The van der Waals surface area contributed by atoms with Crippen LogP contribution in [0.25, 0.3) is 0 Å². The third-order valence-electron chi connectivity index (χ3n) is 3.24. The summed E-state index contributed by atoms with van der Waals surface area (Å²) in [6.07, 6.45) is 2.41. The van der Waals surface area contributed by atoms with Crippen LogP contribution < -0.4 is 5.32 Å². The van der Waals surface area contributed by atoms with Crippen LogP contribution in [0.15, 0.2) is 24.3 Å². The minimum atomic E-state index is 0.290. The Labute approximate surface area is 109 Å². The average Bonchev–Trinajstić information content (AvgIpc) is 2.91. The van der Waals surface area contributed by atoms with E-state index < -0.39 is 0 Å². The lowest BCUT2D eigenvalue weighted by Crippen LogP contribution is -2.16. The molecular formula is C15H23NO2. The van der Waals surface area contributed by atoms with Crippen LogP contribution in [-0.4, -0.2) is 32.4 Å². The Kier molecular flexibility index (Phi) is 5.65. The molecule has 18 heavy (non-hydrogen) atoms. The van der Waals surface area contributed by atoms with Crippen molar-refractivity contribution in [3.05, 3.63) is 35.4 Å². The van der Waals surface area contributed by atoms with Gasteiger partial charge in [-0.1, -0.05) is 31.2 Å². The SMILES string of the molecule is CCNCCc1ccc(COC2CCOC2)cc1. The van der Waals surface area contributed by atoms with Crippen molar-refractivity contribution in [2.24, 2.45) is 0 Å². The second-order valence-corrected chi connectivity index (χ2v) is 4.72. The lowest BCUT2D eigenvalue weighted by molar-refractivity contribution is 0.0317. The van der Waals surface area contributed by atoms with Crippen LogP contribution in [0.2, 0.25) is 0 Å². The van der Waals surface area contributed by atoms with Gasteiger partial charge in [-0.15, -0.1) is 0 Å². The van der Waals surface area contributed by atoms with Crippen LogP contribution in [0.3, 0.4) is 0 Å². The Morgan fingerprint density at radius 1 is 1.28 bits per heavy atom. The molecule has 0 aromatic heterocycles. The molecule has 1 atom stereocenters. The number of hydrogen-bond donors (Lipinski definition) is 1. The second-order valence-electron chi connectivity index (χ2n) is 4.72. The first-order valence-electron chi connectivity index (χ1n) is 6.86. The van der Waals surface area contributed by atoms with Gasteiger partial charge in [0.2, 0.25) is 0 Å². The Balaban J connectivity index is 1.72. The van der Waals surface area contributed by atoms with Crippen molar-refractivity contribution in [1.82, 2.24) is 5.32 Å². The number of nitrogens with one attached hydrogen (secondary N) is 1. The molecule has 1 unspecified atom stereocenters. The van der Waals surface area contributed by atoms with Crippen LogP contribution in [-0.2, 0) is 22.5 Å². The van der Waals surface area contributed by atoms with Crippen LogP contribution in [0.4, 0.5) is 0 Å². The van der Waals surface area contributed by atoms with Crippen molar-refractivity contribution in [1.29, 1.82) is 0 Å². The fourth-order valence-corrected chi connectivity index (χ4v) is 2.07. The Hall–Kier alpha value is -0.900. The molecule has 1 aromatic carbocycles. The molecule has 0 amide bonds. The molecule has 0 radical (unpaired) electrons. The Bertz CT molecular complexity index is 331. The van der Waals surface area contributed by atoms with E-state index in [2.05, 4.69) is 36.5 Å². The highest BCUT2D eigenvalue weighted by molar-refractivity contribution is 5.22. The molecule has 1 aliphatic rings. The largest absolute Gasteiger partial charge is 0.379 e. The molecule has 100 valence electrons. The molecule has 1 aliphatic heterocycles. The van der Waals surface area contributed by atoms with Crippen molar-refractivity contribution in [2.45, 2.75) is 32.5 Å². The number of likely N-dealkylation sites (N-methyl/N-ethyl adjacent to an activating group) is 1. The predicted molar refractivity (Wildman–Crippen MR) is 72.7 cm³/mol. The van der Waals surface area contributed by atoms with E-state index in [9.17, 15) is 0 Å². The summed E-state index contributed by atoms with van der Waals surface area (Å²) in [5.74, 6) is 0. The van der Waals surface area contributed by atoms with Crippen molar-refractivity contribution in [2.75, 3.05) is 26.3 Å². The summed E-state index contributed by atoms with van der Waals surface area (Å²) in [5, 5.41) is 3.34. The quantitative estimate of drug-likeness (QED) is 0.751. The second kappa shape index (κ2) is 7.52. The molecule has 0 spiro atoms. The molecule has 1 N–H and O–H groups in total. The standard InChI is InChI=1S/C15H23NO2/c1-2-16-9-7-13-3-5-14(6-4-13)11-18-15-8-10-17-12-15/h3-6,15-16H,2,7-12H2,1H3. The average molecular weight is 249 g/mol. The number of hydrogen-bond acceptors (Lipinski definition) is 3. The van der Waals surface area contributed by atoms with Gasteiger partial charge < -0.3 is 14.8 Å². The first kappa shape index (κ1) is 13.5. The maximum Gasteiger partial charge on any atom is 0.0834 e. The first-order valence-corrected chi connectivity index (χ1v) is 6.86. The summed E-state index contributed by atoms with van der Waals surface area (Å²) in [7, 11) is 0. The Morgan fingerprint density at radius 3 is 2.72 bits per heavy atom. The number of benzene rings is 1. The fourth-order valence-electron chi connectivity index (χ4n) is 2.07. The summed E-state index contributed by atoms with van der Waals surface area (Å²) in [5.41, 5.74) is 2.62. The molecule has 1 heterocycles. The van der Waals surface area contributed by atoms with E-state index in [1.54, 1.807) is 0 Å². The van der Waals surface area contributed by atoms with Gasteiger partial charge in [0.15, 0.2) is 0 Å². The third-order valence-corrected chi connectivity index (χ3v) is 3.24. The zero-order valence-electron chi connectivity index (χ0n) is 11.2. The summed E-state index contributed by atoms with van der Waals surface area (Å²) >= 11 is 0. The number of ether oxygens (including phenoxy) is 2. The van der Waals surface area contributed by atoms with E-state index in [0.29, 0.717) is 12.7 Å². The van der Waals surface area contributed by atoms with Gasteiger partial charge >= 0.3 is 0 Å². The molecule has 3 heteroatoms. The molecule has 1 saturated heterocycles. The van der Waals surface area contributed by atoms with Crippen molar-refractivity contribution in [3.8, 4) is 0 Å². The summed E-state index contributed by atoms with van der Waals surface area (Å²) in [6, 6.07) is 8.72. The van der Waals surface area contributed by atoms with Gasteiger partial charge in [0, 0.05) is 6.61 Å². The number of rotatable bonds is 7. The lowest BCUT2D eigenvalue weighted by Gasteiger charge is -2.10. The molecular weight excluding hydrogens is 226 g/mol. The lowest BCUT2D eigenvalue weighted by atomic mass is 10.1. The van der Waals surface area contributed by atoms with Crippen molar-refractivity contribution >= 4 is 0 Å². The van der Waals surface area contributed by atoms with E-state index >= 15 is 0 Å². The van der Waals surface area contributed by atoms with Gasteiger partial charge in [0.1, 0.15) is 0 Å². The predicted octanol–water partition coefficient (Wildman–Crippen LogP) is 2.14. The van der Waals surface area contributed by atoms with Gasteiger partial charge in [-0.2, -0.15) is 0 Å². The normalized spacial score (nSPS) is 19.3. The van der Waals surface area contributed by atoms with Crippen LogP contribution in [0, 0.1) is 0 Å². The zero-order valence-corrected chi connectivity index (χ0v) is 11.2.